The summed E-state index contributed by atoms with van der Waals surface area (Å²) in [7, 11) is 0. The van der Waals surface area contributed by atoms with E-state index in [9.17, 15) is 0 Å². The highest BCUT2D eigenvalue weighted by Gasteiger charge is 2.00. The standard InChI is InChI=1S/C15H22Cl2OS/c16-14-9-8-13(12-15(14)17)18-10-6-4-2-1-3-5-7-11-19/h8-9,12,19H,1-7,10-11H2. The van der Waals surface area contributed by atoms with Gasteiger partial charge in [-0.1, -0.05) is 55.3 Å². The highest BCUT2D eigenvalue weighted by atomic mass is 35.5. The first-order chi connectivity index (χ1) is 9.24. The zero-order valence-electron chi connectivity index (χ0n) is 11.2. The number of hydrogen-bond donors (Lipinski definition) is 1. The molecule has 1 aromatic carbocycles. The Morgan fingerprint density at radius 3 is 2.11 bits per heavy atom. The zero-order chi connectivity index (χ0) is 13.9. The fraction of sp³-hybridized carbons (Fsp3) is 0.600. The van der Waals surface area contributed by atoms with Crippen molar-refractivity contribution in [3.8, 4) is 5.75 Å². The summed E-state index contributed by atoms with van der Waals surface area (Å²) in [5.41, 5.74) is 0. The van der Waals surface area contributed by atoms with Crippen LogP contribution < -0.4 is 4.74 Å². The first-order valence-corrected chi connectivity index (χ1v) is 8.31. The van der Waals surface area contributed by atoms with Gasteiger partial charge in [-0.15, -0.1) is 0 Å². The van der Waals surface area contributed by atoms with Crippen LogP contribution in [0, 0.1) is 0 Å². The van der Waals surface area contributed by atoms with Gasteiger partial charge in [0.2, 0.25) is 0 Å². The van der Waals surface area contributed by atoms with E-state index in [0.717, 1.165) is 24.5 Å². The molecule has 0 saturated heterocycles. The minimum absolute atomic E-state index is 0.545. The summed E-state index contributed by atoms with van der Waals surface area (Å²) >= 11 is 16.0. The molecule has 1 aromatic rings. The third kappa shape index (κ3) is 7.96. The fourth-order valence-electron chi connectivity index (χ4n) is 1.85. The van der Waals surface area contributed by atoms with Gasteiger partial charge in [0.1, 0.15) is 5.75 Å². The molecule has 108 valence electrons. The van der Waals surface area contributed by atoms with Gasteiger partial charge in [-0.05, 0) is 30.7 Å². The van der Waals surface area contributed by atoms with E-state index in [4.69, 9.17) is 27.9 Å². The predicted octanol–water partition coefficient (Wildman–Crippen LogP) is 6.03. The number of benzene rings is 1. The van der Waals surface area contributed by atoms with Crippen LogP contribution in [0.4, 0.5) is 0 Å². The quantitative estimate of drug-likeness (QED) is 0.409. The van der Waals surface area contributed by atoms with Crippen LogP contribution >= 0.6 is 35.8 Å². The van der Waals surface area contributed by atoms with Crippen molar-refractivity contribution in [1.29, 1.82) is 0 Å². The van der Waals surface area contributed by atoms with E-state index < -0.39 is 0 Å². The summed E-state index contributed by atoms with van der Waals surface area (Å²) in [4.78, 5) is 0. The second-order valence-corrected chi connectivity index (χ2v) is 5.88. The van der Waals surface area contributed by atoms with Crippen molar-refractivity contribution < 1.29 is 4.74 Å². The normalized spacial score (nSPS) is 10.7. The maximum Gasteiger partial charge on any atom is 0.120 e. The lowest BCUT2D eigenvalue weighted by molar-refractivity contribution is 0.304. The van der Waals surface area contributed by atoms with Gasteiger partial charge in [0.05, 0.1) is 16.7 Å². The molecule has 0 N–H and O–H groups in total. The summed E-state index contributed by atoms with van der Waals surface area (Å²) in [5, 5.41) is 1.11. The Hall–Kier alpha value is -0.0500. The van der Waals surface area contributed by atoms with Crippen LogP contribution in [0.5, 0.6) is 5.75 Å². The number of unbranched alkanes of at least 4 members (excludes halogenated alkanes) is 6. The average Bonchev–Trinajstić information content (AvgIpc) is 2.41. The molecule has 0 aliphatic carbocycles. The van der Waals surface area contributed by atoms with E-state index in [-0.39, 0.29) is 0 Å². The minimum atomic E-state index is 0.545. The van der Waals surface area contributed by atoms with E-state index in [1.54, 1.807) is 12.1 Å². The summed E-state index contributed by atoms with van der Waals surface area (Å²) in [6.45, 7) is 0.745. The van der Waals surface area contributed by atoms with Crippen molar-refractivity contribution in [1.82, 2.24) is 0 Å². The number of halogens is 2. The molecule has 1 nitrogen and oxygen atoms in total. The van der Waals surface area contributed by atoms with Crippen molar-refractivity contribution in [2.24, 2.45) is 0 Å². The molecule has 0 unspecified atom stereocenters. The Balaban J connectivity index is 2.00. The van der Waals surface area contributed by atoms with Gasteiger partial charge >= 0.3 is 0 Å². The third-order valence-electron chi connectivity index (χ3n) is 2.96. The van der Waals surface area contributed by atoms with Crippen LogP contribution in [-0.2, 0) is 0 Å². The monoisotopic (exact) mass is 320 g/mol. The lowest BCUT2D eigenvalue weighted by atomic mass is 10.1. The molecule has 0 heterocycles. The smallest absolute Gasteiger partial charge is 0.120 e. The molecule has 4 heteroatoms. The molecule has 0 saturated carbocycles. The van der Waals surface area contributed by atoms with Gasteiger partial charge in [-0.2, -0.15) is 12.6 Å². The maximum absolute atomic E-state index is 5.92. The molecule has 0 fully saturated rings. The van der Waals surface area contributed by atoms with Crippen molar-refractivity contribution in [3.05, 3.63) is 28.2 Å². The Morgan fingerprint density at radius 1 is 0.842 bits per heavy atom. The average molecular weight is 321 g/mol. The largest absolute Gasteiger partial charge is 0.494 e. The van der Waals surface area contributed by atoms with Gasteiger partial charge in [-0.3, -0.25) is 0 Å². The zero-order valence-corrected chi connectivity index (χ0v) is 13.6. The molecule has 0 radical (unpaired) electrons. The van der Waals surface area contributed by atoms with Gasteiger partial charge < -0.3 is 4.74 Å². The molecule has 0 amide bonds. The van der Waals surface area contributed by atoms with E-state index in [1.165, 1.54) is 38.5 Å². The van der Waals surface area contributed by atoms with E-state index in [1.807, 2.05) is 6.07 Å². The summed E-state index contributed by atoms with van der Waals surface area (Å²) < 4.78 is 5.63. The van der Waals surface area contributed by atoms with Crippen LogP contribution in [0.1, 0.15) is 44.9 Å². The van der Waals surface area contributed by atoms with Gasteiger partial charge in [0.15, 0.2) is 0 Å². The van der Waals surface area contributed by atoms with E-state index in [0.29, 0.717) is 10.0 Å². The Bertz CT molecular complexity index is 358. The van der Waals surface area contributed by atoms with Crippen molar-refractivity contribution in [2.75, 3.05) is 12.4 Å². The van der Waals surface area contributed by atoms with Crippen LogP contribution in [0.2, 0.25) is 10.0 Å². The highest BCUT2D eigenvalue weighted by Crippen LogP contribution is 2.26. The molecule has 0 spiro atoms. The summed E-state index contributed by atoms with van der Waals surface area (Å²) in [6.07, 6.45) is 8.80. The Labute approximate surface area is 132 Å². The number of rotatable bonds is 10. The number of thiol groups is 1. The van der Waals surface area contributed by atoms with Gasteiger partial charge in [0.25, 0.3) is 0 Å². The molecule has 0 aliphatic heterocycles. The second-order valence-electron chi connectivity index (χ2n) is 4.62. The molecule has 0 bridgehead atoms. The van der Waals surface area contributed by atoms with Crippen LogP contribution in [-0.4, -0.2) is 12.4 Å². The Kier molecular flexibility index (Phi) is 9.58. The fourth-order valence-corrected chi connectivity index (χ4v) is 2.37. The predicted molar refractivity (Wildman–Crippen MR) is 88.1 cm³/mol. The highest BCUT2D eigenvalue weighted by molar-refractivity contribution is 7.80. The van der Waals surface area contributed by atoms with Crippen LogP contribution in [0.15, 0.2) is 18.2 Å². The molecule has 19 heavy (non-hydrogen) atoms. The minimum Gasteiger partial charge on any atom is -0.494 e. The van der Waals surface area contributed by atoms with Gasteiger partial charge in [-0.25, -0.2) is 0 Å². The Morgan fingerprint density at radius 2 is 1.47 bits per heavy atom. The lowest BCUT2D eigenvalue weighted by Crippen LogP contribution is -1.97. The summed E-state index contributed by atoms with van der Waals surface area (Å²) in [6, 6.07) is 5.38. The van der Waals surface area contributed by atoms with Crippen LogP contribution in [0.25, 0.3) is 0 Å². The molecular weight excluding hydrogens is 299 g/mol. The number of ether oxygens (including phenoxy) is 1. The summed E-state index contributed by atoms with van der Waals surface area (Å²) in [5.74, 6) is 1.81. The molecule has 0 aliphatic rings. The van der Waals surface area contributed by atoms with Crippen molar-refractivity contribution >= 4 is 35.8 Å². The molecule has 0 aromatic heterocycles. The molecular formula is C15H22Cl2OS. The van der Waals surface area contributed by atoms with Gasteiger partial charge in [0, 0.05) is 6.07 Å². The first-order valence-electron chi connectivity index (χ1n) is 6.93. The first kappa shape index (κ1) is 17.0. The third-order valence-corrected chi connectivity index (χ3v) is 4.02. The SMILES string of the molecule is SCCCCCCCCCOc1ccc(Cl)c(Cl)c1. The number of hydrogen-bond acceptors (Lipinski definition) is 2. The lowest BCUT2D eigenvalue weighted by Gasteiger charge is -2.07. The van der Waals surface area contributed by atoms with Crippen LogP contribution in [0.3, 0.4) is 0 Å². The molecule has 0 atom stereocenters. The maximum atomic E-state index is 5.92. The second kappa shape index (κ2) is 10.7. The molecule has 1 rings (SSSR count). The topological polar surface area (TPSA) is 9.23 Å². The van der Waals surface area contributed by atoms with Crippen molar-refractivity contribution in [2.45, 2.75) is 44.9 Å². The van der Waals surface area contributed by atoms with E-state index in [2.05, 4.69) is 12.6 Å². The van der Waals surface area contributed by atoms with E-state index >= 15 is 0 Å². The van der Waals surface area contributed by atoms with Crippen molar-refractivity contribution in [3.63, 3.8) is 0 Å².